The summed E-state index contributed by atoms with van der Waals surface area (Å²) in [5.74, 6) is 0.366. The summed E-state index contributed by atoms with van der Waals surface area (Å²) in [4.78, 5) is 16.3. The molecule has 6 nitrogen and oxygen atoms in total. The van der Waals surface area contributed by atoms with Crippen molar-refractivity contribution in [3.05, 3.63) is 99.9 Å². The second-order valence-corrected chi connectivity index (χ2v) is 9.79. The van der Waals surface area contributed by atoms with E-state index < -0.39 is 5.97 Å². The van der Waals surface area contributed by atoms with Crippen molar-refractivity contribution < 1.29 is 19.2 Å². The number of para-hydroxylation sites is 1. The lowest BCUT2D eigenvalue weighted by Gasteiger charge is -2.12. The molecule has 192 valence electrons. The molecule has 1 N–H and O–H groups in total. The summed E-state index contributed by atoms with van der Waals surface area (Å²) in [5, 5.41) is 15.9. The van der Waals surface area contributed by atoms with Crippen LogP contribution in [0.25, 0.3) is 33.3 Å². The molecule has 0 radical (unpaired) electrons. The number of carbonyl (C=O) groups is 1. The van der Waals surface area contributed by atoms with Crippen LogP contribution in [0.2, 0.25) is 10.0 Å². The van der Waals surface area contributed by atoms with E-state index in [2.05, 4.69) is 24.0 Å². The lowest BCUT2D eigenvalue weighted by Crippen LogP contribution is -2.04. The predicted octanol–water partition coefficient (Wildman–Crippen LogP) is 8.65. The predicted molar refractivity (Wildman–Crippen MR) is 149 cm³/mol. The van der Waals surface area contributed by atoms with E-state index in [9.17, 15) is 9.90 Å². The molecule has 5 aromatic rings. The van der Waals surface area contributed by atoms with Crippen LogP contribution in [-0.2, 0) is 6.61 Å². The average Bonchev–Trinajstić information content (AvgIpc) is 3.34. The molecule has 1 atom stereocenters. The van der Waals surface area contributed by atoms with Gasteiger partial charge in [0.2, 0.25) is 0 Å². The fraction of sp³-hybridized carbons (Fsp3) is 0.167. The van der Waals surface area contributed by atoms with Crippen molar-refractivity contribution in [3.63, 3.8) is 0 Å². The van der Waals surface area contributed by atoms with Gasteiger partial charge in [-0.2, -0.15) is 0 Å². The van der Waals surface area contributed by atoms with Crippen molar-refractivity contribution >= 4 is 40.1 Å². The van der Waals surface area contributed by atoms with Gasteiger partial charge in [-0.05, 0) is 48.4 Å². The molecule has 0 aliphatic rings. The number of hydrogen-bond acceptors (Lipinski definition) is 5. The van der Waals surface area contributed by atoms with Crippen molar-refractivity contribution in [3.8, 4) is 28.1 Å². The maximum atomic E-state index is 11.9. The lowest BCUT2D eigenvalue weighted by atomic mass is 9.98. The number of carboxylic acids is 1. The van der Waals surface area contributed by atoms with E-state index >= 15 is 0 Å². The van der Waals surface area contributed by atoms with Crippen LogP contribution in [0.3, 0.4) is 0 Å². The highest BCUT2D eigenvalue weighted by Gasteiger charge is 2.25. The molecule has 0 unspecified atom stereocenters. The van der Waals surface area contributed by atoms with Gasteiger partial charge < -0.3 is 14.4 Å². The Labute approximate surface area is 229 Å². The smallest absolute Gasteiger partial charge is 0.355 e. The lowest BCUT2D eigenvalue weighted by molar-refractivity contribution is 0.0692. The maximum absolute atomic E-state index is 11.9. The van der Waals surface area contributed by atoms with Crippen molar-refractivity contribution in [2.24, 2.45) is 0 Å². The van der Waals surface area contributed by atoms with E-state index in [1.165, 1.54) is 0 Å². The first-order valence-corrected chi connectivity index (χ1v) is 12.9. The number of benzene rings is 3. The van der Waals surface area contributed by atoms with Crippen molar-refractivity contribution in [1.82, 2.24) is 10.1 Å². The van der Waals surface area contributed by atoms with Crippen LogP contribution in [0.5, 0.6) is 5.75 Å². The minimum Gasteiger partial charge on any atom is -0.489 e. The van der Waals surface area contributed by atoms with Gasteiger partial charge in [0.25, 0.3) is 0 Å². The monoisotopic (exact) mass is 546 g/mol. The van der Waals surface area contributed by atoms with Gasteiger partial charge in [-0.3, -0.25) is 0 Å². The Bertz CT molecular complexity index is 1610. The van der Waals surface area contributed by atoms with E-state index in [4.69, 9.17) is 32.5 Å². The van der Waals surface area contributed by atoms with Gasteiger partial charge >= 0.3 is 5.97 Å². The van der Waals surface area contributed by atoms with E-state index in [0.29, 0.717) is 38.1 Å². The first-order valence-electron chi connectivity index (χ1n) is 12.2. The van der Waals surface area contributed by atoms with Gasteiger partial charge in [-0.1, -0.05) is 78.6 Å². The molecule has 0 spiro atoms. The van der Waals surface area contributed by atoms with Crippen molar-refractivity contribution in [2.45, 2.75) is 32.8 Å². The Morgan fingerprint density at radius 3 is 2.42 bits per heavy atom. The van der Waals surface area contributed by atoms with Crippen LogP contribution >= 0.6 is 23.2 Å². The molecule has 8 heteroatoms. The third-order valence-electron chi connectivity index (χ3n) is 6.55. The summed E-state index contributed by atoms with van der Waals surface area (Å²) >= 11 is 12.9. The number of fused-ring (bicyclic) bond motifs is 1. The van der Waals surface area contributed by atoms with Crippen LogP contribution in [0.1, 0.15) is 48.0 Å². The van der Waals surface area contributed by atoms with Gasteiger partial charge in [0.1, 0.15) is 23.8 Å². The molecule has 38 heavy (non-hydrogen) atoms. The minimum atomic E-state index is -1.08. The van der Waals surface area contributed by atoms with Crippen LogP contribution in [0, 0.1) is 0 Å². The summed E-state index contributed by atoms with van der Waals surface area (Å²) < 4.78 is 11.9. The normalized spacial score (nSPS) is 12.0. The summed E-state index contributed by atoms with van der Waals surface area (Å²) in [7, 11) is 0. The number of carboxylic acid groups (broad SMARTS) is 1. The van der Waals surface area contributed by atoms with Crippen molar-refractivity contribution in [2.75, 3.05) is 0 Å². The van der Waals surface area contributed by atoms with E-state index in [-0.39, 0.29) is 18.2 Å². The highest BCUT2D eigenvalue weighted by atomic mass is 35.5. The molecule has 0 amide bonds. The maximum Gasteiger partial charge on any atom is 0.355 e. The molecule has 0 aliphatic heterocycles. The number of nitrogens with zero attached hydrogens (tertiary/aromatic N) is 2. The Kier molecular flexibility index (Phi) is 7.36. The highest BCUT2D eigenvalue weighted by Crippen LogP contribution is 2.39. The molecule has 0 saturated carbocycles. The van der Waals surface area contributed by atoms with Crippen LogP contribution in [-0.4, -0.2) is 21.2 Å². The number of aromatic nitrogens is 2. The fourth-order valence-corrected chi connectivity index (χ4v) is 4.92. The first kappa shape index (κ1) is 25.8. The third-order valence-corrected chi connectivity index (χ3v) is 7.18. The summed E-state index contributed by atoms with van der Waals surface area (Å²) in [6, 6.07) is 21.8. The molecule has 0 bridgehead atoms. The molecule has 2 aromatic heterocycles. The fourth-order valence-electron chi connectivity index (χ4n) is 4.34. The Balaban J connectivity index is 1.45. The zero-order chi connectivity index (χ0) is 26.8. The van der Waals surface area contributed by atoms with Gasteiger partial charge in [-0.25, -0.2) is 9.78 Å². The SMILES string of the molecule is CC[C@@H](C)c1onc(-c2c(Cl)cccc2Cl)c1COc1ccc(-c2cc3ccccc3nc2C(=O)O)cc1. The molecular weight excluding hydrogens is 523 g/mol. The number of pyridine rings is 1. The summed E-state index contributed by atoms with van der Waals surface area (Å²) in [5.41, 5.74) is 3.84. The third kappa shape index (κ3) is 4.97. The van der Waals surface area contributed by atoms with E-state index in [1.807, 2.05) is 36.4 Å². The van der Waals surface area contributed by atoms with Gasteiger partial charge in [0, 0.05) is 22.4 Å². The van der Waals surface area contributed by atoms with Gasteiger partial charge in [0.15, 0.2) is 5.69 Å². The summed E-state index contributed by atoms with van der Waals surface area (Å²) in [6.07, 6.45) is 0.859. The summed E-state index contributed by atoms with van der Waals surface area (Å²) in [6.45, 7) is 4.33. The molecule has 0 aliphatic carbocycles. The standard InChI is InChI=1S/C30H24Cl2N2O4/c1-3-17(2)29-22(27(34-38-29)26-23(31)8-6-9-24(26)32)16-37-20-13-11-18(12-14-20)21-15-19-7-4-5-10-25(19)33-28(21)30(35)36/h4-15,17H,3,16H2,1-2H3,(H,35,36)/t17-/m1/s1. The highest BCUT2D eigenvalue weighted by molar-refractivity contribution is 6.39. The second kappa shape index (κ2) is 10.9. The number of ether oxygens (including phenoxy) is 1. The quantitative estimate of drug-likeness (QED) is 0.209. The van der Waals surface area contributed by atoms with Crippen LogP contribution in [0.4, 0.5) is 0 Å². The zero-order valence-corrected chi connectivity index (χ0v) is 22.3. The van der Waals surface area contributed by atoms with Crippen LogP contribution < -0.4 is 4.74 Å². The average molecular weight is 547 g/mol. The Morgan fingerprint density at radius 1 is 1.03 bits per heavy atom. The number of aromatic carboxylic acids is 1. The molecule has 2 heterocycles. The zero-order valence-electron chi connectivity index (χ0n) is 20.7. The Morgan fingerprint density at radius 2 is 1.74 bits per heavy atom. The van der Waals surface area contributed by atoms with Gasteiger partial charge in [0.05, 0.1) is 21.1 Å². The molecule has 0 saturated heterocycles. The number of hydrogen-bond donors (Lipinski definition) is 1. The molecule has 0 fully saturated rings. The number of halogens is 2. The number of rotatable bonds is 8. The molecule has 3 aromatic carbocycles. The Hall–Kier alpha value is -3.87. The topological polar surface area (TPSA) is 85.5 Å². The minimum absolute atomic E-state index is 0.00120. The van der Waals surface area contributed by atoms with Crippen molar-refractivity contribution in [1.29, 1.82) is 0 Å². The second-order valence-electron chi connectivity index (χ2n) is 8.98. The van der Waals surface area contributed by atoms with E-state index in [0.717, 1.165) is 28.7 Å². The molecular formula is C30H24Cl2N2O4. The van der Waals surface area contributed by atoms with Gasteiger partial charge in [-0.15, -0.1) is 0 Å². The first-order chi connectivity index (χ1) is 18.4. The van der Waals surface area contributed by atoms with E-state index in [1.54, 1.807) is 36.4 Å². The molecule has 5 rings (SSSR count). The van der Waals surface area contributed by atoms with Crippen LogP contribution in [0.15, 0.2) is 77.3 Å². The largest absolute Gasteiger partial charge is 0.489 e.